The lowest BCUT2D eigenvalue weighted by molar-refractivity contribution is -0.121. The van der Waals surface area contributed by atoms with E-state index in [2.05, 4.69) is 5.32 Å². The van der Waals surface area contributed by atoms with Gasteiger partial charge in [-0.05, 0) is 31.4 Å². The van der Waals surface area contributed by atoms with Gasteiger partial charge in [-0.3, -0.25) is 4.79 Å². The van der Waals surface area contributed by atoms with Crippen LogP contribution in [0.5, 0.6) is 0 Å². The summed E-state index contributed by atoms with van der Waals surface area (Å²) in [6, 6.07) is 1.39. The Balaban J connectivity index is 0.000000604. The van der Waals surface area contributed by atoms with Crippen LogP contribution in [0.3, 0.4) is 0 Å². The first-order chi connectivity index (χ1) is 15.4. The molecule has 11 nitrogen and oxygen atoms in total. The number of aliphatic hydroxyl groups excluding tert-OH is 3. The van der Waals surface area contributed by atoms with E-state index in [1.165, 1.54) is 14.2 Å². The van der Waals surface area contributed by atoms with Crippen LogP contribution in [0.2, 0.25) is 12.1 Å². The largest absolute Gasteiger partial charge is 0.396 e. The maximum Gasteiger partial charge on any atom is 0.364 e. The summed E-state index contributed by atoms with van der Waals surface area (Å²) in [5.74, 6) is -0.0647. The fourth-order valence-corrected chi connectivity index (χ4v) is 6.11. The zero-order valence-electron chi connectivity index (χ0n) is 20.0. The number of carbonyl (C=O) groups excluding carboxylic acids is 1. The van der Waals surface area contributed by atoms with Crippen LogP contribution in [-0.2, 0) is 32.0 Å². The first-order valence-electron chi connectivity index (χ1n) is 10.9. The number of epoxide rings is 1. The van der Waals surface area contributed by atoms with E-state index < -0.39 is 17.1 Å². The van der Waals surface area contributed by atoms with Crippen molar-refractivity contribution in [3.63, 3.8) is 0 Å². The molecule has 0 bridgehead atoms. The molecule has 1 heterocycles. The summed E-state index contributed by atoms with van der Waals surface area (Å²) in [5, 5.41) is 29.7. The van der Waals surface area contributed by atoms with Crippen molar-refractivity contribution in [2.75, 3.05) is 73.9 Å². The molecule has 1 aliphatic rings. The number of carbonyl (C=O) groups is 1. The molecule has 192 valence electrons. The molecule has 1 saturated heterocycles. The fourth-order valence-electron chi connectivity index (χ4n) is 2.73. The summed E-state index contributed by atoms with van der Waals surface area (Å²) in [5.41, 5.74) is 0. The SMILES string of the molecule is CO[Si](CO)(CCCNC(=O)CCCO)OC.CO[Si](CO)(CCCOCC1CO1)OC. The van der Waals surface area contributed by atoms with Crippen LogP contribution < -0.4 is 5.32 Å². The number of rotatable bonds is 19. The first-order valence-corrected chi connectivity index (χ1v) is 15.4. The summed E-state index contributed by atoms with van der Waals surface area (Å²) in [6.45, 7) is 2.73. The molecule has 1 unspecified atom stereocenters. The summed E-state index contributed by atoms with van der Waals surface area (Å²) in [4.78, 5) is 11.2. The standard InChI is InChI=1S/C10H23NO5Si.C9H20O5Si/c1-15-17(9-13,16-2)8-4-6-11-10(14)5-3-7-12;1-11-15(8-10,12-2)5-3-4-13-6-9-7-14-9/h12-13H,3-9H2,1-2H3,(H,11,14);9-10H,3-8H2,1-2H3. The van der Waals surface area contributed by atoms with Crippen molar-refractivity contribution in [1.29, 1.82) is 0 Å². The zero-order valence-corrected chi connectivity index (χ0v) is 22.0. The Morgan fingerprint density at radius 2 is 1.47 bits per heavy atom. The van der Waals surface area contributed by atoms with Gasteiger partial charge in [0, 0.05) is 54.6 Å². The third-order valence-corrected chi connectivity index (χ3v) is 11.3. The summed E-state index contributed by atoms with van der Waals surface area (Å²) in [7, 11) is 1.46. The van der Waals surface area contributed by atoms with E-state index in [1.54, 1.807) is 14.2 Å². The van der Waals surface area contributed by atoms with E-state index >= 15 is 0 Å². The van der Waals surface area contributed by atoms with Gasteiger partial charge in [0.1, 0.15) is 6.10 Å². The number of ether oxygens (including phenoxy) is 2. The smallest absolute Gasteiger partial charge is 0.364 e. The van der Waals surface area contributed by atoms with E-state index in [0.29, 0.717) is 51.2 Å². The minimum Gasteiger partial charge on any atom is -0.396 e. The molecule has 0 aromatic carbocycles. The van der Waals surface area contributed by atoms with Crippen molar-refractivity contribution in [1.82, 2.24) is 5.32 Å². The predicted molar refractivity (Wildman–Crippen MR) is 122 cm³/mol. The Kier molecular flexibility index (Phi) is 18.6. The van der Waals surface area contributed by atoms with Crippen molar-refractivity contribution in [2.45, 2.75) is 43.9 Å². The van der Waals surface area contributed by atoms with Crippen molar-refractivity contribution >= 4 is 23.0 Å². The molecule has 0 saturated carbocycles. The van der Waals surface area contributed by atoms with Crippen LogP contribution in [0.4, 0.5) is 0 Å². The maximum absolute atomic E-state index is 11.2. The molecule has 32 heavy (non-hydrogen) atoms. The summed E-state index contributed by atoms with van der Waals surface area (Å²) >= 11 is 0. The monoisotopic (exact) mass is 501 g/mol. The highest BCUT2D eigenvalue weighted by atomic mass is 28.4. The van der Waals surface area contributed by atoms with E-state index in [-0.39, 0.29) is 25.0 Å². The lowest BCUT2D eigenvalue weighted by Gasteiger charge is -2.24. The highest BCUT2D eigenvalue weighted by Crippen LogP contribution is 2.15. The van der Waals surface area contributed by atoms with Crippen molar-refractivity contribution < 1.29 is 47.3 Å². The molecule has 1 aliphatic heterocycles. The minimum atomic E-state index is -2.45. The van der Waals surface area contributed by atoms with Gasteiger partial charge in [0.05, 0.1) is 25.7 Å². The number of amides is 1. The van der Waals surface area contributed by atoms with Crippen LogP contribution in [-0.4, -0.2) is 118 Å². The highest BCUT2D eigenvalue weighted by Gasteiger charge is 2.35. The van der Waals surface area contributed by atoms with Gasteiger partial charge >= 0.3 is 17.1 Å². The number of hydrogen-bond acceptors (Lipinski definition) is 10. The quantitative estimate of drug-likeness (QED) is 0.105. The van der Waals surface area contributed by atoms with Gasteiger partial charge in [0.15, 0.2) is 0 Å². The van der Waals surface area contributed by atoms with Gasteiger partial charge in [-0.25, -0.2) is 0 Å². The Bertz CT molecular complexity index is 447. The van der Waals surface area contributed by atoms with Crippen LogP contribution in [0.15, 0.2) is 0 Å². The van der Waals surface area contributed by atoms with Crippen molar-refractivity contribution in [3.05, 3.63) is 0 Å². The fraction of sp³-hybridized carbons (Fsp3) is 0.947. The number of hydrogen-bond donors (Lipinski definition) is 4. The molecule has 1 amide bonds. The van der Waals surface area contributed by atoms with E-state index in [1.807, 2.05) is 0 Å². The molecule has 1 fully saturated rings. The summed E-state index contributed by atoms with van der Waals surface area (Å²) in [6.07, 6.45) is 2.60. The number of aliphatic hydroxyl groups is 3. The Hall–Kier alpha value is -0.456. The number of nitrogens with one attached hydrogen (secondary N) is 1. The Labute approximate surface area is 193 Å². The van der Waals surface area contributed by atoms with Crippen LogP contribution in [0.25, 0.3) is 0 Å². The molecule has 0 aromatic heterocycles. The molecule has 1 rings (SSSR count). The lowest BCUT2D eigenvalue weighted by atomic mass is 10.3. The minimum absolute atomic E-state index is 0.00820. The first kappa shape index (κ1) is 31.5. The highest BCUT2D eigenvalue weighted by molar-refractivity contribution is 6.67. The molecule has 1 atom stereocenters. The lowest BCUT2D eigenvalue weighted by Crippen LogP contribution is -2.45. The summed E-state index contributed by atoms with van der Waals surface area (Å²) < 4.78 is 31.4. The van der Waals surface area contributed by atoms with E-state index in [0.717, 1.165) is 19.1 Å². The third-order valence-electron chi connectivity index (χ3n) is 5.14. The van der Waals surface area contributed by atoms with Crippen molar-refractivity contribution in [3.8, 4) is 0 Å². The molecule has 0 spiro atoms. The molecular formula is C19H43NO10Si2. The third kappa shape index (κ3) is 13.9. The predicted octanol–water partition coefficient (Wildman–Crippen LogP) is -0.410. The van der Waals surface area contributed by atoms with Gasteiger partial charge in [0.25, 0.3) is 0 Å². The topological polar surface area (TPSA) is 148 Å². The Morgan fingerprint density at radius 1 is 0.938 bits per heavy atom. The second kappa shape index (κ2) is 18.9. The molecule has 13 heteroatoms. The van der Waals surface area contributed by atoms with Crippen LogP contribution >= 0.6 is 0 Å². The van der Waals surface area contributed by atoms with Gasteiger partial charge in [0.2, 0.25) is 5.91 Å². The normalized spacial score (nSPS) is 15.8. The van der Waals surface area contributed by atoms with Gasteiger partial charge < -0.3 is 47.8 Å². The van der Waals surface area contributed by atoms with E-state index in [9.17, 15) is 15.0 Å². The van der Waals surface area contributed by atoms with Crippen LogP contribution in [0.1, 0.15) is 25.7 Å². The van der Waals surface area contributed by atoms with E-state index in [4.69, 9.17) is 32.3 Å². The molecular weight excluding hydrogens is 458 g/mol. The second-order valence-electron chi connectivity index (χ2n) is 7.37. The van der Waals surface area contributed by atoms with Crippen molar-refractivity contribution in [2.24, 2.45) is 0 Å². The molecule has 4 N–H and O–H groups in total. The average molecular weight is 502 g/mol. The molecule has 0 aromatic rings. The molecule has 0 aliphatic carbocycles. The second-order valence-corrected chi connectivity index (χ2v) is 14.3. The average Bonchev–Trinajstić information content (AvgIpc) is 3.66. The van der Waals surface area contributed by atoms with Gasteiger partial charge in [-0.1, -0.05) is 0 Å². The van der Waals surface area contributed by atoms with Gasteiger partial charge in [-0.15, -0.1) is 0 Å². The molecule has 0 radical (unpaired) electrons. The Morgan fingerprint density at radius 3 is 1.91 bits per heavy atom. The van der Waals surface area contributed by atoms with Gasteiger partial charge in [-0.2, -0.15) is 0 Å². The maximum atomic E-state index is 11.2. The van der Waals surface area contributed by atoms with Crippen LogP contribution in [0, 0.1) is 0 Å². The zero-order chi connectivity index (χ0) is 24.3.